The molecule has 0 fully saturated rings. The summed E-state index contributed by atoms with van der Waals surface area (Å²) in [7, 11) is 1.58. The topological polar surface area (TPSA) is 104 Å². The van der Waals surface area contributed by atoms with Crippen LogP contribution in [0.15, 0.2) is 36.4 Å². The van der Waals surface area contributed by atoms with Crippen molar-refractivity contribution in [2.24, 2.45) is 0 Å². The van der Waals surface area contributed by atoms with Crippen LogP contribution in [0.3, 0.4) is 0 Å². The van der Waals surface area contributed by atoms with Gasteiger partial charge in [0.15, 0.2) is 5.82 Å². The molecule has 21 heavy (non-hydrogen) atoms. The number of amides is 1. The standard InChI is InChI=1S/C14H13N3O4/c1-21-10-5-2-9(3-6-10)4-7-13(18)15-12-8-11(14(19)20)16-17-12/h2-8H,1H3,(H,19,20)(H2,15,16,17,18). The lowest BCUT2D eigenvalue weighted by Gasteiger charge is -1.99. The molecule has 0 aliphatic carbocycles. The van der Waals surface area contributed by atoms with E-state index < -0.39 is 11.9 Å². The Morgan fingerprint density at radius 2 is 2.05 bits per heavy atom. The number of methoxy groups -OCH3 is 1. The van der Waals surface area contributed by atoms with Crippen molar-refractivity contribution >= 4 is 23.8 Å². The third kappa shape index (κ3) is 3.93. The lowest BCUT2D eigenvalue weighted by atomic mass is 10.2. The second-order valence-electron chi connectivity index (χ2n) is 4.07. The molecule has 0 spiro atoms. The van der Waals surface area contributed by atoms with Gasteiger partial charge in [-0.2, -0.15) is 5.10 Å². The molecule has 1 amide bonds. The van der Waals surface area contributed by atoms with E-state index in [0.29, 0.717) is 0 Å². The minimum atomic E-state index is -1.14. The Morgan fingerprint density at radius 3 is 2.62 bits per heavy atom. The zero-order valence-corrected chi connectivity index (χ0v) is 11.2. The SMILES string of the molecule is COc1ccc(C=CC(=O)Nc2cc(C(=O)O)[nH]n2)cc1. The average Bonchev–Trinajstić information content (AvgIpc) is 2.94. The van der Waals surface area contributed by atoms with Gasteiger partial charge in [0, 0.05) is 12.1 Å². The third-order valence-electron chi connectivity index (χ3n) is 2.60. The number of nitrogens with one attached hydrogen (secondary N) is 2. The zero-order valence-electron chi connectivity index (χ0n) is 11.2. The minimum absolute atomic E-state index is 0.0931. The largest absolute Gasteiger partial charge is 0.497 e. The molecule has 108 valence electrons. The highest BCUT2D eigenvalue weighted by molar-refractivity contribution is 6.01. The lowest BCUT2D eigenvalue weighted by Crippen LogP contribution is -2.07. The zero-order chi connectivity index (χ0) is 15.2. The van der Waals surface area contributed by atoms with Crippen LogP contribution in [-0.2, 0) is 4.79 Å². The number of H-pyrrole nitrogens is 1. The number of aromatic amines is 1. The Morgan fingerprint density at radius 1 is 1.33 bits per heavy atom. The van der Waals surface area contributed by atoms with E-state index >= 15 is 0 Å². The fourth-order valence-corrected chi connectivity index (χ4v) is 1.55. The van der Waals surface area contributed by atoms with Crippen LogP contribution >= 0.6 is 0 Å². The average molecular weight is 287 g/mol. The number of aromatic carboxylic acids is 1. The highest BCUT2D eigenvalue weighted by Gasteiger charge is 2.08. The van der Waals surface area contributed by atoms with Crippen LogP contribution in [0, 0.1) is 0 Å². The van der Waals surface area contributed by atoms with Gasteiger partial charge in [0.1, 0.15) is 11.4 Å². The number of rotatable bonds is 5. The number of carbonyl (C=O) groups is 2. The highest BCUT2D eigenvalue weighted by Crippen LogP contribution is 2.12. The molecular weight excluding hydrogens is 274 g/mol. The van der Waals surface area contributed by atoms with Gasteiger partial charge >= 0.3 is 5.97 Å². The van der Waals surface area contributed by atoms with E-state index in [1.807, 2.05) is 0 Å². The Bertz CT molecular complexity index is 674. The first-order valence-corrected chi connectivity index (χ1v) is 6.00. The van der Waals surface area contributed by atoms with Crippen molar-refractivity contribution in [1.29, 1.82) is 0 Å². The number of anilines is 1. The van der Waals surface area contributed by atoms with Crippen LogP contribution in [0.5, 0.6) is 5.75 Å². The number of nitrogens with zero attached hydrogens (tertiary/aromatic N) is 1. The van der Waals surface area contributed by atoms with Crippen LogP contribution in [-0.4, -0.2) is 34.3 Å². The summed E-state index contributed by atoms with van der Waals surface area (Å²) < 4.78 is 5.03. The molecule has 0 radical (unpaired) electrons. The first-order valence-electron chi connectivity index (χ1n) is 6.00. The number of hydrogen-bond acceptors (Lipinski definition) is 4. The van der Waals surface area contributed by atoms with Gasteiger partial charge in [0.2, 0.25) is 5.91 Å². The molecule has 3 N–H and O–H groups in total. The third-order valence-corrected chi connectivity index (χ3v) is 2.60. The summed E-state index contributed by atoms with van der Waals surface area (Å²) in [4.78, 5) is 22.3. The van der Waals surface area contributed by atoms with Crippen molar-refractivity contribution < 1.29 is 19.4 Å². The van der Waals surface area contributed by atoms with Gasteiger partial charge < -0.3 is 15.2 Å². The van der Waals surface area contributed by atoms with Gasteiger partial charge in [-0.25, -0.2) is 4.79 Å². The molecule has 0 atom stereocenters. The summed E-state index contributed by atoms with van der Waals surface area (Å²) in [6, 6.07) is 8.41. The summed E-state index contributed by atoms with van der Waals surface area (Å²) >= 11 is 0. The van der Waals surface area contributed by atoms with E-state index in [9.17, 15) is 9.59 Å². The molecule has 0 unspecified atom stereocenters. The van der Waals surface area contributed by atoms with Crippen molar-refractivity contribution in [1.82, 2.24) is 10.2 Å². The molecule has 0 aliphatic rings. The van der Waals surface area contributed by atoms with Crippen LogP contribution in [0.4, 0.5) is 5.82 Å². The summed E-state index contributed by atoms with van der Waals surface area (Å²) in [5, 5.41) is 17.1. The van der Waals surface area contributed by atoms with E-state index in [2.05, 4.69) is 15.5 Å². The van der Waals surface area contributed by atoms with Gasteiger partial charge in [-0.1, -0.05) is 12.1 Å². The van der Waals surface area contributed by atoms with E-state index in [1.165, 1.54) is 12.1 Å². The number of carbonyl (C=O) groups excluding carboxylic acids is 1. The Kier molecular flexibility index (Phi) is 4.35. The molecule has 0 bridgehead atoms. The highest BCUT2D eigenvalue weighted by atomic mass is 16.5. The molecule has 1 aromatic carbocycles. The summed E-state index contributed by atoms with van der Waals surface area (Å²) in [5.74, 6) is -0.669. The lowest BCUT2D eigenvalue weighted by molar-refractivity contribution is -0.111. The number of hydrogen-bond donors (Lipinski definition) is 3. The number of benzene rings is 1. The maximum atomic E-state index is 11.7. The van der Waals surface area contributed by atoms with Crippen LogP contribution in [0.1, 0.15) is 16.1 Å². The monoisotopic (exact) mass is 287 g/mol. The van der Waals surface area contributed by atoms with E-state index in [0.717, 1.165) is 11.3 Å². The van der Waals surface area contributed by atoms with Crippen LogP contribution in [0.2, 0.25) is 0 Å². The first kappa shape index (κ1) is 14.3. The molecule has 0 saturated carbocycles. The number of carboxylic acids is 1. The molecule has 0 saturated heterocycles. The summed E-state index contributed by atoms with van der Waals surface area (Å²) in [6.07, 6.45) is 2.95. The molecule has 2 aromatic rings. The molecule has 7 heteroatoms. The Labute approximate surface area is 120 Å². The maximum absolute atomic E-state index is 11.7. The predicted octanol–water partition coefficient (Wildman–Crippen LogP) is 1.77. The van der Waals surface area contributed by atoms with Gasteiger partial charge in [-0.15, -0.1) is 0 Å². The Balaban J connectivity index is 1.96. The molecule has 1 heterocycles. The van der Waals surface area contributed by atoms with Gasteiger partial charge in [-0.05, 0) is 23.8 Å². The van der Waals surface area contributed by atoms with Crippen molar-refractivity contribution in [2.75, 3.05) is 12.4 Å². The fourth-order valence-electron chi connectivity index (χ4n) is 1.55. The van der Waals surface area contributed by atoms with E-state index in [1.54, 1.807) is 37.5 Å². The number of ether oxygens (including phenoxy) is 1. The van der Waals surface area contributed by atoms with Crippen molar-refractivity contribution in [3.05, 3.63) is 47.7 Å². The second-order valence-corrected chi connectivity index (χ2v) is 4.07. The molecule has 2 rings (SSSR count). The van der Waals surface area contributed by atoms with Crippen molar-refractivity contribution in [3.8, 4) is 5.75 Å². The van der Waals surface area contributed by atoms with E-state index in [-0.39, 0.29) is 11.5 Å². The fraction of sp³-hybridized carbons (Fsp3) is 0.0714. The Hall–Kier alpha value is -3.09. The molecule has 1 aromatic heterocycles. The van der Waals surface area contributed by atoms with Crippen LogP contribution < -0.4 is 10.1 Å². The molecule has 0 aliphatic heterocycles. The smallest absolute Gasteiger partial charge is 0.353 e. The van der Waals surface area contributed by atoms with Crippen molar-refractivity contribution in [3.63, 3.8) is 0 Å². The number of aromatic nitrogens is 2. The molecule has 7 nitrogen and oxygen atoms in total. The second kappa shape index (κ2) is 6.38. The van der Waals surface area contributed by atoms with Crippen LogP contribution in [0.25, 0.3) is 6.08 Å². The minimum Gasteiger partial charge on any atom is -0.497 e. The predicted molar refractivity (Wildman–Crippen MR) is 76.2 cm³/mol. The van der Waals surface area contributed by atoms with Crippen molar-refractivity contribution in [2.45, 2.75) is 0 Å². The summed E-state index contributed by atoms with van der Waals surface area (Å²) in [5.41, 5.74) is 0.739. The summed E-state index contributed by atoms with van der Waals surface area (Å²) in [6.45, 7) is 0. The van der Waals surface area contributed by atoms with Gasteiger partial charge in [0.05, 0.1) is 7.11 Å². The number of carboxylic acid groups (broad SMARTS) is 1. The molecular formula is C14H13N3O4. The van der Waals surface area contributed by atoms with E-state index in [4.69, 9.17) is 9.84 Å². The van der Waals surface area contributed by atoms with Gasteiger partial charge in [-0.3, -0.25) is 9.89 Å². The first-order chi connectivity index (χ1) is 10.1. The van der Waals surface area contributed by atoms with Gasteiger partial charge in [0.25, 0.3) is 0 Å². The quantitative estimate of drug-likeness (QED) is 0.727. The normalized spacial score (nSPS) is 10.5. The maximum Gasteiger partial charge on any atom is 0.353 e.